The molecule has 0 bridgehead atoms. The van der Waals surface area contributed by atoms with E-state index in [1.807, 2.05) is 25.6 Å². The van der Waals surface area contributed by atoms with Gasteiger partial charge in [-0.15, -0.1) is 11.8 Å². The second kappa shape index (κ2) is 8.53. The molecule has 0 unspecified atom stereocenters. The van der Waals surface area contributed by atoms with Gasteiger partial charge in [-0.25, -0.2) is 0 Å². The van der Waals surface area contributed by atoms with Gasteiger partial charge in [-0.2, -0.15) is 0 Å². The molecule has 3 heteroatoms. The van der Waals surface area contributed by atoms with Gasteiger partial charge in [0.25, 0.3) is 0 Å². The lowest BCUT2D eigenvalue weighted by Gasteiger charge is -1.86. The molecule has 1 aliphatic rings. The summed E-state index contributed by atoms with van der Waals surface area (Å²) in [4.78, 5) is 8.10. The summed E-state index contributed by atoms with van der Waals surface area (Å²) in [6.45, 7) is 6.62. The molecule has 0 atom stereocenters. The van der Waals surface area contributed by atoms with Crippen molar-refractivity contribution in [3.05, 3.63) is 11.6 Å². The minimum absolute atomic E-state index is 0.568. The van der Waals surface area contributed by atoms with Crippen molar-refractivity contribution < 1.29 is 0 Å². The van der Waals surface area contributed by atoms with Crippen molar-refractivity contribution in [2.24, 2.45) is 9.98 Å². The first-order valence-electron chi connectivity index (χ1n) is 4.16. The highest BCUT2D eigenvalue weighted by atomic mass is 32.2. The van der Waals surface area contributed by atoms with Crippen molar-refractivity contribution in [1.82, 2.24) is 0 Å². The molecule has 0 saturated carbocycles. The van der Waals surface area contributed by atoms with Crippen LogP contribution in [0.5, 0.6) is 0 Å². The molecule has 68 valence electrons. The molecular formula is C9H16N2S. The molecular weight excluding hydrogens is 168 g/mol. The molecule has 0 aromatic carbocycles. The minimum atomic E-state index is 0.568. The highest BCUT2D eigenvalue weighted by Gasteiger charge is 1.85. The van der Waals surface area contributed by atoms with E-state index in [2.05, 4.69) is 23.0 Å². The Bertz CT molecular complexity index is 183. The zero-order valence-electron chi connectivity index (χ0n) is 7.95. The molecule has 0 aliphatic carbocycles. The molecule has 1 heterocycles. The van der Waals surface area contributed by atoms with Crippen LogP contribution in [0.15, 0.2) is 21.6 Å². The zero-order valence-corrected chi connectivity index (χ0v) is 8.77. The monoisotopic (exact) mass is 184 g/mol. The summed E-state index contributed by atoms with van der Waals surface area (Å²) in [5, 5.41) is 0. The van der Waals surface area contributed by atoms with Gasteiger partial charge in [0.2, 0.25) is 0 Å². The van der Waals surface area contributed by atoms with Crippen LogP contribution in [0.4, 0.5) is 0 Å². The molecule has 0 fully saturated rings. The molecule has 0 spiro atoms. The van der Waals surface area contributed by atoms with Crippen LogP contribution in [-0.2, 0) is 0 Å². The van der Waals surface area contributed by atoms with E-state index in [-0.39, 0.29) is 0 Å². The third-order valence-electron chi connectivity index (χ3n) is 1.11. The Morgan fingerprint density at radius 1 is 1.33 bits per heavy atom. The van der Waals surface area contributed by atoms with Crippen LogP contribution < -0.4 is 0 Å². The van der Waals surface area contributed by atoms with Gasteiger partial charge in [-0.1, -0.05) is 19.9 Å². The van der Waals surface area contributed by atoms with E-state index in [1.54, 1.807) is 11.8 Å². The summed E-state index contributed by atoms with van der Waals surface area (Å²) in [5.74, 6) is 1.00. The third kappa shape index (κ3) is 6.16. The van der Waals surface area contributed by atoms with E-state index < -0.39 is 0 Å². The molecule has 12 heavy (non-hydrogen) atoms. The van der Waals surface area contributed by atoms with Crippen molar-refractivity contribution in [2.45, 2.75) is 20.8 Å². The molecule has 0 saturated heterocycles. The fourth-order valence-corrected chi connectivity index (χ4v) is 1.21. The van der Waals surface area contributed by atoms with Crippen LogP contribution in [0.1, 0.15) is 20.8 Å². The summed E-state index contributed by atoms with van der Waals surface area (Å²) in [7, 11) is 0. The van der Waals surface area contributed by atoms with E-state index in [1.165, 1.54) is 5.57 Å². The number of rotatable bonds is 0. The van der Waals surface area contributed by atoms with Gasteiger partial charge >= 0.3 is 0 Å². The second-order valence-corrected chi connectivity index (χ2v) is 2.90. The Hall–Kier alpha value is -0.570. The largest absolute Gasteiger partial charge is 0.270 e. The van der Waals surface area contributed by atoms with Crippen LogP contribution in [0.3, 0.4) is 0 Å². The maximum absolute atomic E-state index is 4.07. The van der Waals surface area contributed by atoms with Gasteiger partial charge in [0.05, 0.1) is 5.55 Å². The molecule has 0 aromatic heterocycles. The molecule has 0 amide bonds. The fraction of sp³-hybridized carbons (Fsp3) is 0.556. The van der Waals surface area contributed by atoms with Crippen molar-refractivity contribution in [3.63, 3.8) is 0 Å². The Morgan fingerprint density at radius 3 is 2.83 bits per heavy atom. The third-order valence-corrected chi connectivity index (χ3v) is 1.77. The first-order valence-corrected chi connectivity index (χ1v) is 5.21. The maximum atomic E-state index is 4.07. The van der Waals surface area contributed by atoms with Gasteiger partial charge in [0.15, 0.2) is 0 Å². The summed E-state index contributed by atoms with van der Waals surface area (Å²) < 4.78 is 0. The Morgan fingerprint density at radius 2 is 2.08 bits per heavy atom. The van der Waals surface area contributed by atoms with Crippen LogP contribution in [0.2, 0.25) is 0 Å². The highest BCUT2D eigenvalue weighted by molar-refractivity contribution is 8.12. The van der Waals surface area contributed by atoms with E-state index >= 15 is 0 Å². The smallest absolute Gasteiger partial charge is 0.129 e. The lowest BCUT2D eigenvalue weighted by molar-refractivity contribution is 1.09. The average Bonchev–Trinajstić information content (AvgIpc) is 2.22. The number of thioether (sulfide) groups is 1. The minimum Gasteiger partial charge on any atom is -0.270 e. The number of hydrogen-bond acceptors (Lipinski definition) is 3. The summed E-state index contributed by atoms with van der Waals surface area (Å²) in [6, 6.07) is 0. The maximum Gasteiger partial charge on any atom is 0.129 e. The van der Waals surface area contributed by atoms with Crippen molar-refractivity contribution in [1.29, 1.82) is 0 Å². The van der Waals surface area contributed by atoms with Gasteiger partial charge < -0.3 is 0 Å². The van der Waals surface area contributed by atoms with Gasteiger partial charge in [0, 0.05) is 12.0 Å². The highest BCUT2D eigenvalue weighted by Crippen LogP contribution is 2.00. The molecule has 0 aromatic rings. The summed E-state index contributed by atoms with van der Waals surface area (Å²) in [6.07, 6.45) is 4.01. The van der Waals surface area contributed by atoms with Crippen LogP contribution in [0, 0.1) is 0 Å². The zero-order chi connectivity index (χ0) is 9.23. The lowest BCUT2D eigenvalue weighted by atomic mass is 10.3. The van der Waals surface area contributed by atoms with Crippen LogP contribution in [-0.4, -0.2) is 24.2 Å². The van der Waals surface area contributed by atoms with Gasteiger partial charge in [-0.3, -0.25) is 9.98 Å². The number of hydrogen-bond donors (Lipinski definition) is 0. The van der Waals surface area contributed by atoms with E-state index in [0.29, 0.717) is 6.67 Å². The second-order valence-electron chi connectivity index (χ2n) is 2.02. The average molecular weight is 184 g/mol. The topological polar surface area (TPSA) is 24.7 Å². The van der Waals surface area contributed by atoms with Gasteiger partial charge in [-0.05, 0) is 12.5 Å². The molecule has 1 rings (SSSR count). The van der Waals surface area contributed by atoms with Crippen LogP contribution in [0.25, 0.3) is 0 Å². The Labute approximate surface area is 78.9 Å². The summed E-state index contributed by atoms with van der Waals surface area (Å²) >= 11 is 1.70. The van der Waals surface area contributed by atoms with E-state index in [9.17, 15) is 0 Å². The number of nitrogens with zero attached hydrogens (tertiary/aromatic N) is 2. The predicted molar refractivity (Wildman–Crippen MR) is 59.4 cm³/mol. The molecule has 0 radical (unpaired) electrons. The standard InChI is InChI=1S/C7H10N2S.C2H6/c1-7-2-3-10-6-9-5-8-4-7;1-2/h2,4,6H,3,5H2,1H3;1-2H3/b7-2-,8-4-,9-6-;. The SMILES string of the molecule is CC.CC1=C/CS/C=N\C/N=C\1. The molecule has 1 aliphatic heterocycles. The Kier molecular flexibility index (Phi) is 8.12. The number of allylic oxidation sites excluding steroid dienone is 1. The van der Waals surface area contributed by atoms with Crippen molar-refractivity contribution in [2.75, 3.05) is 12.4 Å². The first-order chi connectivity index (χ1) is 5.89. The first kappa shape index (κ1) is 11.4. The quantitative estimate of drug-likeness (QED) is 0.568. The lowest BCUT2D eigenvalue weighted by Crippen LogP contribution is -1.79. The molecule has 2 nitrogen and oxygen atoms in total. The van der Waals surface area contributed by atoms with Crippen molar-refractivity contribution in [3.8, 4) is 0 Å². The molecule has 0 N–H and O–H groups in total. The summed E-state index contributed by atoms with van der Waals surface area (Å²) in [5.41, 5.74) is 3.07. The predicted octanol–water partition coefficient (Wildman–Crippen LogP) is 2.76. The van der Waals surface area contributed by atoms with Crippen molar-refractivity contribution >= 4 is 23.5 Å². The normalized spacial score (nSPS) is 26.1. The number of aliphatic imine (C=N–C) groups is 2. The van der Waals surface area contributed by atoms with E-state index in [4.69, 9.17) is 0 Å². The van der Waals surface area contributed by atoms with Gasteiger partial charge in [0.1, 0.15) is 6.67 Å². The Balaban J connectivity index is 0.000000561. The fourth-order valence-electron chi connectivity index (χ4n) is 0.593. The van der Waals surface area contributed by atoms with E-state index in [0.717, 1.165) is 5.75 Å². The van der Waals surface area contributed by atoms with Crippen LogP contribution >= 0.6 is 11.8 Å².